The van der Waals surface area contributed by atoms with E-state index in [4.69, 9.17) is 0 Å². The summed E-state index contributed by atoms with van der Waals surface area (Å²) in [5.41, 5.74) is 1.80. The van der Waals surface area contributed by atoms with Crippen molar-refractivity contribution in [2.24, 2.45) is 5.92 Å². The summed E-state index contributed by atoms with van der Waals surface area (Å²) in [6, 6.07) is 0.319. The van der Waals surface area contributed by atoms with E-state index in [0.717, 1.165) is 25.0 Å². The van der Waals surface area contributed by atoms with Crippen molar-refractivity contribution in [3.05, 3.63) is 17.5 Å². The topological polar surface area (TPSA) is 67.2 Å². The van der Waals surface area contributed by atoms with Gasteiger partial charge in [0, 0.05) is 18.5 Å². The standard InChI is InChI=1S/C17H29N3O2/c1-5-12(4)20-16(13-6-7-13)14(10-19-20)17(22)18-9-8-15(21)11(2)3/h10-13,15,21H,5-9H2,1-4H3,(H,18,22). The highest BCUT2D eigenvalue weighted by atomic mass is 16.3. The van der Waals surface area contributed by atoms with Crippen LogP contribution >= 0.6 is 0 Å². The normalized spacial score (nSPS) is 17.5. The lowest BCUT2D eigenvalue weighted by Crippen LogP contribution is -2.29. The van der Waals surface area contributed by atoms with Crippen molar-refractivity contribution in [1.29, 1.82) is 0 Å². The van der Waals surface area contributed by atoms with Crippen LogP contribution in [0.25, 0.3) is 0 Å². The number of amides is 1. The van der Waals surface area contributed by atoms with E-state index in [2.05, 4.69) is 24.3 Å². The van der Waals surface area contributed by atoms with Gasteiger partial charge in [-0.25, -0.2) is 0 Å². The highest BCUT2D eigenvalue weighted by Crippen LogP contribution is 2.42. The molecule has 2 unspecified atom stereocenters. The first-order chi connectivity index (χ1) is 10.5. The molecule has 1 aliphatic carbocycles. The van der Waals surface area contributed by atoms with Crippen LogP contribution in [0.1, 0.15) is 81.4 Å². The van der Waals surface area contributed by atoms with Gasteiger partial charge < -0.3 is 10.4 Å². The molecule has 1 amide bonds. The molecule has 1 saturated carbocycles. The van der Waals surface area contributed by atoms with Crippen molar-refractivity contribution >= 4 is 5.91 Å². The molecule has 2 N–H and O–H groups in total. The maximum atomic E-state index is 12.4. The molecule has 1 aliphatic rings. The minimum Gasteiger partial charge on any atom is -0.393 e. The Morgan fingerprint density at radius 3 is 2.68 bits per heavy atom. The zero-order valence-corrected chi connectivity index (χ0v) is 14.2. The highest BCUT2D eigenvalue weighted by Gasteiger charge is 2.33. The van der Waals surface area contributed by atoms with Crippen LogP contribution in [0, 0.1) is 5.92 Å². The second-order valence-corrected chi connectivity index (χ2v) is 6.78. The quantitative estimate of drug-likeness (QED) is 0.776. The van der Waals surface area contributed by atoms with Gasteiger partial charge in [0.15, 0.2) is 0 Å². The van der Waals surface area contributed by atoms with Gasteiger partial charge in [0.05, 0.1) is 23.6 Å². The molecule has 0 aromatic carbocycles. The fourth-order valence-electron chi connectivity index (χ4n) is 2.60. The average Bonchev–Trinajstić information content (AvgIpc) is 3.24. The molecule has 0 saturated heterocycles. The van der Waals surface area contributed by atoms with Gasteiger partial charge >= 0.3 is 0 Å². The van der Waals surface area contributed by atoms with E-state index >= 15 is 0 Å². The third kappa shape index (κ3) is 3.88. The summed E-state index contributed by atoms with van der Waals surface area (Å²) in [6.45, 7) is 8.73. The molecule has 0 radical (unpaired) electrons. The number of nitrogens with zero attached hydrogens (tertiary/aromatic N) is 2. The predicted octanol–water partition coefficient (Wildman–Crippen LogP) is 2.87. The number of nitrogens with one attached hydrogen (secondary N) is 1. The largest absolute Gasteiger partial charge is 0.393 e. The maximum absolute atomic E-state index is 12.4. The van der Waals surface area contributed by atoms with Gasteiger partial charge in [0.1, 0.15) is 0 Å². The Morgan fingerprint density at radius 1 is 1.45 bits per heavy atom. The number of carbonyl (C=O) groups is 1. The van der Waals surface area contributed by atoms with E-state index in [9.17, 15) is 9.90 Å². The lowest BCUT2D eigenvalue weighted by Gasteiger charge is -2.16. The smallest absolute Gasteiger partial charge is 0.254 e. The Hall–Kier alpha value is -1.36. The van der Waals surface area contributed by atoms with Crippen molar-refractivity contribution in [1.82, 2.24) is 15.1 Å². The van der Waals surface area contributed by atoms with E-state index in [-0.39, 0.29) is 17.9 Å². The van der Waals surface area contributed by atoms with Crippen LogP contribution in [0.3, 0.4) is 0 Å². The van der Waals surface area contributed by atoms with Gasteiger partial charge in [-0.2, -0.15) is 5.10 Å². The molecule has 124 valence electrons. The molecule has 1 aromatic heterocycles. The van der Waals surface area contributed by atoms with E-state index in [1.807, 2.05) is 18.5 Å². The molecule has 1 aromatic rings. The Balaban J connectivity index is 2.02. The van der Waals surface area contributed by atoms with Gasteiger partial charge in [-0.1, -0.05) is 20.8 Å². The minimum absolute atomic E-state index is 0.0626. The molecule has 0 bridgehead atoms. The first-order valence-corrected chi connectivity index (χ1v) is 8.49. The summed E-state index contributed by atoms with van der Waals surface area (Å²) in [5, 5.41) is 17.2. The Morgan fingerprint density at radius 2 is 2.14 bits per heavy atom. The first kappa shape index (κ1) is 17.0. The second kappa shape index (κ2) is 7.27. The van der Waals surface area contributed by atoms with Gasteiger partial charge in [-0.05, 0) is 38.5 Å². The Labute approximate surface area is 133 Å². The Kier molecular flexibility index (Phi) is 5.62. The molecule has 0 aliphatic heterocycles. The van der Waals surface area contributed by atoms with Crippen LogP contribution in [0.4, 0.5) is 0 Å². The fraction of sp³-hybridized carbons (Fsp3) is 0.765. The molecular weight excluding hydrogens is 278 g/mol. The van der Waals surface area contributed by atoms with Crippen LogP contribution in [-0.4, -0.2) is 33.4 Å². The molecule has 5 nitrogen and oxygen atoms in total. The van der Waals surface area contributed by atoms with Crippen molar-refractivity contribution < 1.29 is 9.90 Å². The SMILES string of the molecule is CCC(C)n1ncc(C(=O)NCCC(O)C(C)C)c1C1CC1. The zero-order valence-electron chi connectivity index (χ0n) is 14.2. The molecule has 1 fully saturated rings. The number of carbonyl (C=O) groups excluding carboxylic acids is 1. The van der Waals surface area contributed by atoms with Gasteiger partial charge in [0.2, 0.25) is 0 Å². The third-order valence-corrected chi connectivity index (χ3v) is 4.55. The summed E-state index contributed by atoms with van der Waals surface area (Å²) in [5.74, 6) is 0.637. The van der Waals surface area contributed by atoms with Gasteiger partial charge in [-0.15, -0.1) is 0 Å². The van der Waals surface area contributed by atoms with Crippen LogP contribution in [0.5, 0.6) is 0 Å². The van der Waals surface area contributed by atoms with Crippen LogP contribution in [-0.2, 0) is 0 Å². The highest BCUT2D eigenvalue weighted by molar-refractivity contribution is 5.95. The van der Waals surface area contributed by atoms with E-state index in [1.54, 1.807) is 6.20 Å². The number of rotatable bonds is 8. The molecule has 5 heteroatoms. The molecule has 2 rings (SSSR count). The third-order valence-electron chi connectivity index (χ3n) is 4.55. The summed E-state index contributed by atoms with van der Waals surface area (Å²) < 4.78 is 2.02. The van der Waals surface area contributed by atoms with Gasteiger partial charge in [0.25, 0.3) is 5.91 Å². The summed E-state index contributed by atoms with van der Waals surface area (Å²) in [6.07, 6.45) is 5.22. The molecular formula is C17H29N3O2. The van der Waals surface area contributed by atoms with Gasteiger partial charge in [-0.3, -0.25) is 9.48 Å². The predicted molar refractivity (Wildman–Crippen MR) is 87.0 cm³/mol. The number of aliphatic hydroxyl groups excluding tert-OH is 1. The molecule has 22 heavy (non-hydrogen) atoms. The second-order valence-electron chi connectivity index (χ2n) is 6.78. The summed E-state index contributed by atoms with van der Waals surface area (Å²) in [7, 11) is 0. The van der Waals surface area contributed by atoms with Crippen LogP contribution < -0.4 is 5.32 Å². The number of hydrogen-bond donors (Lipinski definition) is 2. The van der Waals surface area contributed by atoms with E-state index in [0.29, 0.717) is 30.5 Å². The Bertz CT molecular complexity index is 506. The number of hydrogen-bond acceptors (Lipinski definition) is 3. The first-order valence-electron chi connectivity index (χ1n) is 8.49. The fourth-order valence-corrected chi connectivity index (χ4v) is 2.60. The molecule has 2 atom stereocenters. The summed E-state index contributed by atoms with van der Waals surface area (Å²) >= 11 is 0. The minimum atomic E-state index is -0.369. The monoisotopic (exact) mass is 307 g/mol. The lowest BCUT2D eigenvalue weighted by atomic mass is 10.0. The van der Waals surface area contributed by atoms with Crippen LogP contribution in [0.2, 0.25) is 0 Å². The number of aromatic nitrogens is 2. The van der Waals surface area contributed by atoms with Crippen molar-refractivity contribution in [3.8, 4) is 0 Å². The van der Waals surface area contributed by atoms with E-state index < -0.39 is 0 Å². The summed E-state index contributed by atoms with van der Waals surface area (Å²) in [4.78, 5) is 12.4. The average molecular weight is 307 g/mol. The van der Waals surface area contributed by atoms with Crippen molar-refractivity contribution in [2.75, 3.05) is 6.54 Å². The zero-order chi connectivity index (χ0) is 16.3. The number of aliphatic hydroxyl groups is 1. The van der Waals surface area contributed by atoms with Crippen molar-refractivity contribution in [3.63, 3.8) is 0 Å². The lowest BCUT2D eigenvalue weighted by molar-refractivity contribution is 0.0919. The van der Waals surface area contributed by atoms with E-state index in [1.165, 1.54) is 0 Å². The van der Waals surface area contributed by atoms with Crippen molar-refractivity contribution in [2.45, 2.75) is 71.4 Å². The molecule has 0 spiro atoms. The van der Waals surface area contributed by atoms with Crippen LogP contribution in [0.15, 0.2) is 6.20 Å². The molecule has 1 heterocycles. The maximum Gasteiger partial charge on any atom is 0.254 e.